The molecule has 1 heterocycles. The summed E-state index contributed by atoms with van der Waals surface area (Å²) in [6, 6.07) is 6.08. The van der Waals surface area contributed by atoms with Crippen LogP contribution in [-0.2, 0) is 5.66 Å². The van der Waals surface area contributed by atoms with Crippen molar-refractivity contribution in [2.75, 3.05) is 48.8 Å². The highest BCUT2D eigenvalue weighted by Gasteiger charge is 2.38. The van der Waals surface area contributed by atoms with E-state index in [1.54, 1.807) is 0 Å². The van der Waals surface area contributed by atoms with Crippen LogP contribution in [0.4, 0.5) is 0 Å². The van der Waals surface area contributed by atoms with Gasteiger partial charge in [-0.15, -0.1) is 0 Å². The number of likely N-dealkylation sites (N-methyl/N-ethyl adjacent to an activating group) is 3. The Morgan fingerprint density at radius 3 is 1.94 bits per heavy atom. The Balaban J connectivity index is 3.25. The highest BCUT2D eigenvalue weighted by molar-refractivity contribution is 5.16. The SMILES string of the molecule is CN(C)CC(c1ccccn1)(N(C)C)N(C)C. The molecule has 0 aliphatic rings. The molecule has 4 heteroatoms. The molecule has 0 aliphatic heterocycles. The third-order valence-corrected chi connectivity index (χ3v) is 3.09. The Labute approximate surface area is 105 Å². The van der Waals surface area contributed by atoms with Gasteiger partial charge in [-0.3, -0.25) is 14.8 Å². The highest BCUT2D eigenvalue weighted by Crippen LogP contribution is 2.27. The van der Waals surface area contributed by atoms with Crippen molar-refractivity contribution in [2.24, 2.45) is 0 Å². The minimum absolute atomic E-state index is 0.204. The Kier molecular flexibility index (Phi) is 4.62. The van der Waals surface area contributed by atoms with E-state index in [9.17, 15) is 0 Å². The van der Waals surface area contributed by atoms with E-state index in [0.29, 0.717) is 0 Å². The lowest BCUT2D eigenvalue weighted by Gasteiger charge is -2.46. The Bertz CT molecular complexity index is 325. The summed E-state index contributed by atoms with van der Waals surface area (Å²) in [6.07, 6.45) is 1.85. The molecule has 0 aromatic carbocycles. The largest absolute Gasteiger partial charge is 0.306 e. The number of pyridine rings is 1. The van der Waals surface area contributed by atoms with Crippen LogP contribution in [0.3, 0.4) is 0 Å². The first-order chi connectivity index (χ1) is 7.91. The van der Waals surface area contributed by atoms with Crippen molar-refractivity contribution in [3.8, 4) is 0 Å². The van der Waals surface area contributed by atoms with Gasteiger partial charge in [0.25, 0.3) is 0 Å². The van der Waals surface area contributed by atoms with E-state index in [-0.39, 0.29) is 5.66 Å². The topological polar surface area (TPSA) is 22.6 Å². The summed E-state index contributed by atoms with van der Waals surface area (Å²) in [5.41, 5.74) is 0.869. The summed E-state index contributed by atoms with van der Waals surface area (Å²) in [4.78, 5) is 11.2. The molecule has 0 saturated heterocycles. The maximum absolute atomic E-state index is 4.54. The summed E-state index contributed by atoms with van der Waals surface area (Å²) in [5.74, 6) is 0. The monoisotopic (exact) mass is 236 g/mol. The maximum atomic E-state index is 4.54. The molecule has 0 atom stereocenters. The average Bonchev–Trinajstić information content (AvgIpc) is 2.25. The van der Waals surface area contributed by atoms with E-state index in [4.69, 9.17) is 0 Å². The first kappa shape index (κ1) is 14.1. The minimum Gasteiger partial charge on any atom is -0.306 e. The zero-order valence-corrected chi connectivity index (χ0v) is 11.8. The van der Waals surface area contributed by atoms with Crippen molar-refractivity contribution in [3.05, 3.63) is 30.1 Å². The summed E-state index contributed by atoms with van der Waals surface area (Å²) >= 11 is 0. The highest BCUT2D eigenvalue weighted by atomic mass is 15.4. The summed E-state index contributed by atoms with van der Waals surface area (Å²) in [7, 11) is 12.6. The quantitative estimate of drug-likeness (QED) is 0.709. The average molecular weight is 236 g/mol. The van der Waals surface area contributed by atoms with Gasteiger partial charge in [-0.25, -0.2) is 0 Å². The number of nitrogens with zero attached hydrogens (tertiary/aromatic N) is 4. The van der Waals surface area contributed by atoms with E-state index in [1.807, 2.05) is 18.3 Å². The van der Waals surface area contributed by atoms with E-state index in [0.717, 1.165) is 12.2 Å². The van der Waals surface area contributed by atoms with Crippen LogP contribution in [0.15, 0.2) is 24.4 Å². The van der Waals surface area contributed by atoms with Gasteiger partial charge in [0, 0.05) is 12.7 Å². The van der Waals surface area contributed by atoms with Crippen molar-refractivity contribution in [3.63, 3.8) is 0 Å². The van der Waals surface area contributed by atoms with Crippen molar-refractivity contribution < 1.29 is 0 Å². The van der Waals surface area contributed by atoms with Crippen LogP contribution in [0.2, 0.25) is 0 Å². The zero-order chi connectivity index (χ0) is 13.1. The second-order valence-corrected chi connectivity index (χ2v) is 5.06. The van der Waals surface area contributed by atoms with Crippen LogP contribution in [-0.4, -0.2) is 68.5 Å². The number of hydrogen-bond acceptors (Lipinski definition) is 4. The van der Waals surface area contributed by atoms with Crippen LogP contribution in [0.25, 0.3) is 0 Å². The predicted molar refractivity (Wildman–Crippen MR) is 71.8 cm³/mol. The summed E-state index contributed by atoms with van der Waals surface area (Å²) in [5, 5.41) is 0. The van der Waals surface area contributed by atoms with E-state index in [1.165, 1.54) is 0 Å². The van der Waals surface area contributed by atoms with Gasteiger partial charge in [0.1, 0.15) is 5.66 Å². The molecule has 0 amide bonds. The van der Waals surface area contributed by atoms with Crippen LogP contribution in [0.1, 0.15) is 5.69 Å². The molecule has 4 nitrogen and oxygen atoms in total. The van der Waals surface area contributed by atoms with Gasteiger partial charge >= 0.3 is 0 Å². The maximum Gasteiger partial charge on any atom is 0.129 e. The third kappa shape index (κ3) is 2.83. The van der Waals surface area contributed by atoms with Gasteiger partial charge in [0.15, 0.2) is 0 Å². The second-order valence-electron chi connectivity index (χ2n) is 5.06. The lowest BCUT2D eigenvalue weighted by Crippen LogP contribution is -2.58. The van der Waals surface area contributed by atoms with E-state index >= 15 is 0 Å². The van der Waals surface area contributed by atoms with Gasteiger partial charge in [0.05, 0.1) is 5.69 Å². The van der Waals surface area contributed by atoms with Gasteiger partial charge in [-0.1, -0.05) is 6.07 Å². The first-order valence-corrected chi connectivity index (χ1v) is 5.82. The van der Waals surface area contributed by atoms with Gasteiger partial charge in [0.2, 0.25) is 0 Å². The minimum atomic E-state index is -0.204. The molecule has 0 bridgehead atoms. The molecule has 0 saturated carbocycles. The summed E-state index contributed by atoms with van der Waals surface area (Å²) in [6.45, 7) is 0.893. The molecule has 96 valence electrons. The molecule has 0 spiro atoms. The summed E-state index contributed by atoms with van der Waals surface area (Å²) < 4.78 is 0. The standard InChI is InChI=1S/C13H24N4/c1-15(2)11-13(16(3)4,17(5)6)12-9-7-8-10-14-12/h7-10H,11H2,1-6H3. The molecule has 0 unspecified atom stereocenters. The van der Waals surface area contributed by atoms with Crippen molar-refractivity contribution in [2.45, 2.75) is 5.66 Å². The van der Waals surface area contributed by atoms with Crippen LogP contribution in [0.5, 0.6) is 0 Å². The first-order valence-electron chi connectivity index (χ1n) is 5.82. The smallest absolute Gasteiger partial charge is 0.129 e. The second kappa shape index (κ2) is 5.58. The number of hydrogen-bond donors (Lipinski definition) is 0. The van der Waals surface area contributed by atoms with Gasteiger partial charge < -0.3 is 4.90 Å². The fourth-order valence-electron chi connectivity index (χ4n) is 2.26. The Morgan fingerprint density at radius 1 is 1.00 bits per heavy atom. The molecule has 0 radical (unpaired) electrons. The van der Waals surface area contributed by atoms with Crippen molar-refractivity contribution in [1.29, 1.82) is 0 Å². The molecule has 0 N–H and O–H groups in total. The molecular weight excluding hydrogens is 212 g/mol. The fourth-order valence-corrected chi connectivity index (χ4v) is 2.26. The molecule has 0 fully saturated rings. The zero-order valence-electron chi connectivity index (χ0n) is 11.8. The molecule has 17 heavy (non-hydrogen) atoms. The molecule has 1 aromatic rings. The van der Waals surface area contributed by atoms with E-state index in [2.05, 4.69) is 68.0 Å². The molecule has 0 aliphatic carbocycles. The van der Waals surface area contributed by atoms with Gasteiger partial charge in [-0.2, -0.15) is 0 Å². The van der Waals surface area contributed by atoms with Gasteiger partial charge in [-0.05, 0) is 54.4 Å². The van der Waals surface area contributed by atoms with Crippen molar-refractivity contribution >= 4 is 0 Å². The molecule has 1 rings (SSSR count). The van der Waals surface area contributed by atoms with Crippen LogP contribution >= 0.6 is 0 Å². The fraction of sp³-hybridized carbons (Fsp3) is 0.615. The third-order valence-electron chi connectivity index (χ3n) is 3.09. The number of rotatable bonds is 5. The molecule has 1 aromatic heterocycles. The normalized spacial score (nSPS) is 12.8. The van der Waals surface area contributed by atoms with E-state index < -0.39 is 0 Å². The Morgan fingerprint density at radius 2 is 1.59 bits per heavy atom. The molecular formula is C13H24N4. The Hall–Kier alpha value is -0.970. The van der Waals surface area contributed by atoms with Crippen molar-refractivity contribution in [1.82, 2.24) is 19.7 Å². The van der Waals surface area contributed by atoms with Crippen LogP contribution < -0.4 is 0 Å². The lowest BCUT2D eigenvalue weighted by molar-refractivity contribution is -0.0256. The lowest BCUT2D eigenvalue weighted by atomic mass is 10.0. The van der Waals surface area contributed by atoms with Crippen LogP contribution in [0, 0.1) is 0 Å². The predicted octanol–water partition coefficient (Wildman–Crippen LogP) is 0.919. The number of aromatic nitrogens is 1.